The zero-order valence-electron chi connectivity index (χ0n) is 36.4. The fourth-order valence-electron chi connectivity index (χ4n) is 11.1. The van der Waals surface area contributed by atoms with Crippen LogP contribution in [-0.2, 0) is 0 Å². The van der Waals surface area contributed by atoms with Crippen LogP contribution in [0.3, 0.4) is 0 Å². The van der Waals surface area contributed by atoms with Crippen LogP contribution in [0.4, 0.5) is 0 Å². The van der Waals surface area contributed by atoms with Gasteiger partial charge in [0.15, 0.2) is 0 Å². The van der Waals surface area contributed by atoms with E-state index in [1.807, 2.05) is 0 Å². The third-order valence-corrected chi connectivity index (χ3v) is 13.8. The molecule has 67 heavy (non-hydrogen) atoms. The summed E-state index contributed by atoms with van der Waals surface area (Å²) in [7, 11) is 0. The van der Waals surface area contributed by atoms with Gasteiger partial charge >= 0.3 is 0 Å². The normalized spacial score (nSPS) is 11.9. The van der Waals surface area contributed by atoms with E-state index in [2.05, 4.69) is 256 Å². The molecular weight excluding hydrogens is 813 g/mol. The lowest BCUT2D eigenvalue weighted by molar-refractivity contribution is 1.13. The lowest BCUT2D eigenvalue weighted by atomic mass is 9.89. The summed E-state index contributed by atoms with van der Waals surface area (Å²) in [6.45, 7) is 0. The van der Waals surface area contributed by atoms with Crippen LogP contribution >= 0.6 is 0 Å². The fourth-order valence-corrected chi connectivity index (χ4v) is 11.1. The van der Waals surface area contributed by atoms with Crippen LogP contribution in [0.1, 0.15) is 0 Å². The largest absolute Gasteiger partial charge is 0.309 e. The second-order valence-corrected chi connectivity index (χ2v) is 17.4. The van der Waals surface area contributed by atoms with Gasteiger partial charge in [0.05, 0.1) is 38.8 Å². The lowest BCUT2D eigenvalue weighted by Crippen LogP contribution is -2.02. The molecule has 0 radical (unpaired) electrons. The molecule has 14 rings (SSSR count). The van der Waals surface area contributed by atoms with E-state index in [0.717, 1.165) is 50.3 Å². The van der Waals surface area contributed by atoms with Gasteiger partial charge in [-0.2, -0.15) is 0 Å². The number of hydrogen-bond donors (Lipinski definition) is 0. The standard InChI is InChI=1S/C63H40N4/c1-4-20-41(21-5-1)63-64-56-36-12-15-39-59(56)67(63)62-52-34-16-28-44(48-30-18-32-50-46-26-10-13-37-57(46)65(60(48)50)42-22-6-2-7-23-42)54(52)40-55-45(29-17-35-53(55)62)49-31-19-33-51-47-27-11-14-38-58(47)66(61(49)51)43-24-8-3-9-25-43/h1-40H. The monoisotopic (exact) mass is 852 g/mol. The minimum atomic E-state index is 0.906. The van der Waals surface area contributed by atoms with E-state index < -0.39 is 0 Å². The number of benzene rings is 11. The number of rotatable bonds is 6. The molecule has 0 unspecified atom stereocenters. The molecule has 0 aliphatic carbocycles. The molecule has 0 aliphatic rings. The van der Waals surface area contributed by atoms with Gasteiger partial charge in [-0.05, 0) is 76.5 Å². The maximum absolute atomic E-state index is 5.41. The molecule has 0 N–H and O–H groups in total. The summed E-state index contributed by atoms with van der Waals surface area (Å²) in [4.78, 5) is 5.41. The minimum absolute atomic E-state index is 0.906. The SMILES string of the molecule is c1ccc(-c2nc3ccccc3n2-c2c3cccc(-c4cccc5c6ccccc6n(-c6ccccc6)c45)c3cc3c(-c4cccc5c6ccccc6n(-c6ccccc6)c45)cccc23)cc1. The summed E-state index contributed by atoms with van der Waals surface area (Å²) in [6.07, 6.45) is 0. The minimum Gasteiger partial charge on any atom is -0.309 e. The molecule has 0 spiro atoms. The zero-order valence-corrected chi connectivity index (χ0v) is 36.4. The van der Waals surface area contributed by atoms with E-state index in [4.69, 9.17) is 4.98 Å². The van der Waals surface area contributed by atoms with Crippen molar-refractivity contribution in [2.45, 2.75) is 0 Å². The van der Waals surface area contributed by atoms with Crippen LogP contribution in [0.5, 0.6) is 0 Å². The van der Waals surface area contributed by atoms with E-state index in [1.165, 1.54) is 76.6 Å². The first-order chi connectivity index (χ1) is 33.3. The number of hydrogen-bond acceptors (Lipinski definition) is 1. The van der Waals surface area contributed by atoms with Gasteiger partial charge in [0, 0.05) is 60.4 Å². The molecular formula is C63H40N4. The van der Waals surface area contributed by atoms with E-state index in [1.54, 1.807) is 0 Å². The van der Waals surface area contributed by atoms with Crippen molar-refractivity contribution in [1.82, 2.24) is 18.7 Å². The first kappa shape index (κ1) is 37.4. The Bertz CT molecular complexity index is 4040. The predicted octanol–water partition coefficient (Wildman–Crippen LogP) is 16.5. The molecule has 0 amide bonds. The first-order valence-electron chi connectivity index (χ1n) is 23.0. The molecule has 14 aromatic rings. The number of para-hydroxylation sites is 8. The van der Waals surface area contributed by atoms with Crippen LogP contribution in [-0.4, -0.2) is 18.7 Å². The number of fused-ring (bicyclic) bond motifs is 9. The maximum Gasteiger partial charge on any atom is 0.145 e. The second-order valence-electron chi connectivity index (χ2n) is 17.4. The van der Waals surface area contributed by atoms with Gasteiger partial charge in [0.2, 0.25) is 0 Å². The summed E-state index contributed by atoms with van der Waals surface area (Å²) in [5.74, 6) is 0.906. The van der Waals surface area contributed by atoms with Crippen molar-refractivity contribution < 1.29 is 0 Å². The van der Waals surface area contributed by atoms with E-state index in [-0.39, 0.29) is 0 Å². The Kier molecular flexibility index (Phi) is 8.25. The molecule has 0 saturated carbocycles. The molecule has 0 saturated heterocycles. The van der Waals surface area contributed by atoms with Gasteiger partial charge in [-0.15, -0.1) is 0 Å². The molecule has 0 aliphatic heterocycles. The number of aromatic nitrogens is 4. The molecule has 11 aromatic carbocycles. The van der Waals surface area contributed by atoms with Crippen molar-refractivity contribution in [2.24, 2.45) is 0 Å². The summed E-state index contributed by atoms with van der Waals surface area (Å²) in [5.41, 5.74) is 15.9. The highest BCUT2D eigenvalue weighted by Crippen LogP contribution is 2.47. The first-order valence-corrected chi connectivity index (χ1v) is 23.0. The third kappa shape index (κ3) is 5.57. The van der Waals surface area contributed by atoms with Crippen molar-refractivity contribution in [2.75, 3.05) is 0 Å². The summed E-state index contributed by atoms with van der Waals surface area (Å²) in [6, 6.07) is 88.3. The fraction of sp³-hybridized carbons (Fsp3) is 0. The van der Waals surface area contributed by atoms with E-state index in [9.17, 15) is 0 Å². The topological polar surface area (TPSA) is 27.7 Å². The quantitative estimate of drug-likeness (QED) is 0.153. The van der Waals surface area contributed by atoms with Gasteiger partial charge in [-0.3, -0.25) is 4.57 Å². The average Bonchev–Trinajstić information content (AvgIpc) is 4.07. The maximum atomic E-state index is 5.41. The van der Waals surface area contributed by atoms with Crippen LogP contribution < -0.4 is 0 Å². The van der Waals surface area contributed by atoms with Crippen molar-refractivity contribution in [3.63, 3.8) is 0 Å². The van der Waals surface area contributed by atoms with Crippen molar-refractivity contribution in [1.29, 1.82) is 0 Å². The molecule has 4 nitrogen and oxygen atoms in total. The Morgan fingerprint density at radius 3 is 1.19 bits per heavy atom. The highest BCUT2D eigenvalue weighted by atomic mass is 15.1. The van der Waals surface area contributed by atoms with Gasteiger partial charge in [0.25, 0.3) is 0 Å². The highest BCUT2D eigenvalue weighted by molar-refractivity contribution is 6.22. The highest BCUT2D eigenvalue weighted by Gasteiger charge is 2.25. The Morgan fingerprint density at radius 1 is 0.269 bits per heavy atom. The van der Waals surface area contributed by atoms with Crippen LogP contribution in [0.2, 0.25) is 0 Å². The van der Waals surface area contributed by atoms with Crippen molar-refractivity contribution in [3.8, 4) is 50.7 Å². The molecule has 0 atom stereocenters. The van der Waals surface area contributed by atoms with Gasteiger partial charge in [-0.25, -0.2) is 4.98 Å². The summed E-state index contributed by atoms with van der Waals surface area (Å²) < 4.78 is 7.32. The zero-order chi connectivity index (χ0) is 44.0. The summed E-state index contributed by atoms with van der Waals surface area (Å²) >= 11 is 0. The lowest BCUT2D eigenvalue weighted by Gasteiger charge is -2.21. The van der Waals surface area contributed by atoms with Gasteiger partial charge < -0.3 is 9.13 Å². The molecule has 0 fully saturated rings. The van der Waals surface area contributed by atoms with E-state index in [0.29, 0.717) is 0 Å². The van der Waals surface area contributed by atoms with E-state index >= 15 is 0 Å². The Hall–Kier alpha value is -8.99. The van der Waals surface area contributed by atoms with Crippen molar-refractivity contribution >= 4 is 76.2 Å². The Morgan fingerprint density at radius 2 is 0.672 bits per heavy atom. The Labute approximate surface area is 386 Å². The number of imidazole rings is 1. The van der Waals surface area contributed by atoms with Crippen LogP contribution in [0.15, 0.2) is 243 Å². The van der Waals surface area contributed by atoms with Gasteiger partial charge in [-0.1, -0.05) is 188 Å². The van der Waals surface area contributed by atoms with Crippen molar-refractivity contribution in [3.05, 3.63) is 243 Å². The predicted molar refractivity (Wildman–Crippen MR) is 281 cm³/mol. The smallest absolute Gasteiger partial charge is 0.145 e. The molecule has 312 valence electrons. The van der Waals surface area contributed by atoms with Crippen LogP contribution in [0.25, 0.3) is 127 Å². The second kappa shape index (κ2) is 14.8. The molecule has 3 aromatic heterocycles. The third-order valence-electron chi connectivity index (χ3n) is 13.8. The Balaban J connectivity index is 1.17. The molecule has 0 bridgehead atoms. The van der Waals surface area contributed by atoms with Crippen LogP contribution in [0, 0.1) is 0 Å². The molecule has 4 heteroatoms. The molecule has 3 heterocycles. The summed E-state index contributed by atoms with van der Waals surface area (Å²) in [5, 5.41) is 9.56. The number of nitrogens with zero attached hydrogens (tertiary/aromatic N) is 4. The van der Waals surface area contributed by atoms with Gasteiger partial charge in [0.1, 0.15) is 5.82 Å². The average molecular weight is 853 g/mol.